The second-order valence-corrected chi connectivity index (χ2v) is 6.53. The molecule has 1 aromatic heterocycles. The number of amides is 2. The topological polar surface area (TPSA) is 66.1 Å². The third-order valence-electron chi connectivity index (χ3n) is 4.06. The molecule has 0 spiro atoms. The van der Waals surface area contributed by atoms with E-state index in [9.17, 15) is 9.59 Å². The molecular weight excluding hydrogens is 334 g/mol. The zero-order valence-corrected chi connectivity index (χ0v) is 13.8. The number of nitrogens with zero attached hydrogens (tertiary/aromatic N) is 3. The first-order valence-electron chi connectivity index (χ1n) is 7.46. The zero-order chi connectivity index (χ0) is 17.6. The van der Waals surface area contributed by atoms with Crippen molar-refractivity contribution in [3.8, 4) is 11.8 Å². The van der Waals surface area contributed by atoms with Crippen LogP contribution in [0.3, 0.4) is 0 Å². The van der Waals surface area contributed by atoms with E-state index in [0.717, 1.165) is 28.4 Å². The number of anilines is 1. The second kappa shape index (κ2) is 5.65. The predicted octanol–water partition coefficient (Wildman–Crippen LogP) is 4.22. The molecule has 25 heavy (non-hydrogen) atoms. The maximum atomic E-state index is 12.3. The summed E-state index contributed by atoms with van der Waals surface area (Å²) in [6.45, 7) is 3.63. The first kappa shape index (κ1) is 15.2. The molecule has 6 heteroatoms. The van der Waals surface area contributed by atoms with Crippen LogP contribution in [0.5, 0.6) is 0 Å². The molecule has 1 aliphatic heterocycles. The van der Waals surface area contributed by atoms with Crippen LogP contribution in [0, 0.1) is 11.3 Å². The minimum absolute atomic E-state index is 0.230. The Labute approximate surface area is 147 Å². The summed E-state index contributed by atoms with van der Waals surface area (Å²) in [6.07, 6.45) is 1.88. The molecule has 1 fully saturated rings. The van der Waals surface area contributed by atoms with Crippen molar-refractivity contribution in [3.63, 3.8) is 0 Å². The molecule has 2 amide bonds. The van der Waals surface area contributed by atoms with Crippen LogP contribution in [-0.2, 0) is 4.79 Å². The molecule has 0 aliphatic carbocycles. The maximum Gasteiger partial charge on any atom is 0.298 e. The SMILES string of the molecule is C=C1SC(=O)N(c2cccc3c2ccn3-c2ccc(C#N)cc2)C1=O. The van der Waals surface area contributed by atoms with Crippen molar-refractivity contribution in [3.05, 3.63) is 71.8 Å². The quantitative estimate of drug-likeness (QED) is 0.652. The van der Waals surface area contributed by atoms with Crippen molar-refractivity contribution in [2.24, 2.45) is 0 Å². The lowest BCUT2D eigenvalue weighted by molar-refractivity contribution is -0.113. The van der Waals surface area contributed by atoms with Gasteiger partial charge in [-0.1, -0.05) is 12.6 Å². The Balaban J connectivity index is 1.86. The average Bonchev–Trinajstić information content (AvgIpc) is 3.16. The fourth-order valence-corrected chi connectivity index (χ4v) is 3.54. The Kier molecular flexibility index (Phi) is 3.45. The fourth-order valence-electron chi connectivity index (χ4n) is 2.88. The van der Waals surface area contributed by atoms with Crippen molar-refractivity contribution >= 4 is 39.5 Å². The number of carbonyl (C=O) groups excluding carboxylic acids is 2. The fraction of sp³-hybridized carbons (Fsp3) is 0. The van der Waals surface area contributed by atoms with Crippen LogP contribution < -0.4 is 4.90 Å². The third kappa shape index (κ3) is 2.33. The molecule has 120 valence electrons. The van der Waals surface area contributed by atoms with Gasteiger partial charge < -0.3 is 4.57 Å². The molecule has 3 aromatic rings. The highest BCUT2D eigenvalue weighted by atomic mass is 32.2. The van der Waals surface area contributed by atoms with Gasteiger partial charge in [-0.15, -0.1) is 0 Å². The second-order valence-electron chi connectivity index (χ2n) is 5.49. The van der Waals surface area contributed by atoms with Crippen molar-refractivity contribution in [1.82, 2.24) is 4.57 Å². The lowest BCUT2D eigenvalue weighted by Gasteiger charge is -2.14. The largest absolute Gasteiger partial charge is 0.316 e. The van der Waals surface area contributed by atoms with Gasteiger partial charge in [-0.25, -0.2) is 4.90 Å². The Morgan fingerprint density at radius 1 is 1.04 bits per heavy atom. The van der Waals surface area contributed by atoms with Gasteiger partial charge in [0.25, 0.3) is 11.1 Å². The van der Waals surface area contributed by atoms with E-state index in [-0.39, 0.29) is 16.1 Å². The molecule has 2 aromatic carbocycles. The van der Waals surface area contributed by atoms with Gasteiger partial charge in [0, 0.05) is 17.3 Å². The van der Waals surface area contributed by atoms with Crippen molar-refractivity contribution in [1.29, 1.82) is 5.26 Å². The molecule has 1 aliphatic rings. The number of benzene rings is 2. The summed E-state index contributed by atoms with van der Waals surface area (Å²) in [4.78, 5) is 25.8. The first-order valence-corrected chi connectivity index (χ1v) is 8.27. The number of rotatable bonds is 2. The van der Waals surface area contributed by atoms with Gasteiger partial charge in [0.15, 0.2) is 0 Å². The minimum atomic E-state index is -0.381. The molecular formula is C19H11N3O2S. The van der Waals surface area contributed by atoms with Crippen LogP contribution in [0.2, 0.25) is 0 Å². The Morgan fingerprint density at radius 2 is 1.80 bits per heavy atom. The molecule has 4 rings (SSSR count). The number of hydrogen-bond donors (Lipinski definition) is 0. The monoisotopic (exact) mass is 345 g/mol. The molecule has 0 unspecified atom stereocenters. The number of fused-ring (bicyclic) bond motifs is 1. The number of imide groups is 1. The number of thioether (sulfide) groups is 1. The van der Waals surface area contributed by atoms with E-state index in [2.05, 4.69) is 12.6 Å². The van der Waals surface area contributed by atoms with Gasteiger partial charge in [-0.3, -0.25) is 9.59 Å². The number of carbonyl (C=O) groups is 2. The number of hydrogen-bond acceptors (Lipinski definition) is 4. The van der Waals surface area contributed by atoms with Crippen molar-refractivity contribution < 1.29 is 9.59 Å². The van der Waals surface area contributed by atoms with E-state index in [1.165, 1.54) is 4.90 Å². The van der Waals surface area contributed by atoms with E-state index in [4.69, 9.17) is 5.26 Å². The standard InChI is InChI=1S/C19H11N3O2S/c1-12-18(23)22(19(24)25-12)17-4-2-3-16-15(17)9-10-21(16)14-7-5-13(11-20)6-8-14/h2-10H,1H2. The van der Waals surface area contributed by atoms with Gasteiger partial charge in [-0.2, -0.15) is 5.26 Å². The highest BCUT2D eigenvalue weighted by molar-refractivity contribution is 8.18. The summed E-state index contributed by atoms with van der Waals surface area (Å²) in [7, 11) is 0. The minimum Gasteiger partial charge on any atom is -0.316 e. The van der Waals surface area contributed by atoms with Gasteiger partial charge >= 0.3 is 0 Å². The zero-order valence-electron chi connectivity index (χ0n) is 13.0. The summed E-state index contributed by atoms with van der Waals surface area (Å²) >= 11 is 0.853. The van der Waals surface area contributed by atoms with E-state index in [1.807, 2.05) is 41.1 Å². The van der Waals surface area contributed by atoms with Crippen molar-refractivity contribution in [2.75, 3.05) is 4.90 Å². The van der Waals surface area contributed by atoms with Gasteiger partial charge in [0.05, 0.1) is 27.7 Å². The smallest absolute Gasteiger partial charge is 0.298 e. The summed E-state index contributed by atoms with van der Waals surface area (Å²) in [5.41, 5.74) is 2.89. The molecule has 5 nitrogen and oxygen atoms in total. The van der Waals surface area contributed by atoms with Gasteiger partial charge in [0.2, 0.25) is 0 Å². The highest BCUT2D eigenvalue weighted by Gasteiger charge is 2.36. The van der Waals surface area contributed by atoms with Crippen molar-refractivity contribution in [2.45, 2.75) is 0 Å². The maximum absolute atomic E-state index is 12.3. The van der Waals surface area contributed by atoms with Crippen LogP contribution in [0.1, 0.15) is 5.56 Å². The molecule has 0 N–H and O–H groups in total. The molecule has 0 bridgehead atoms. The number of nitriles is 1. The molecule has 0 saturated carbocycles. The summed E-state index contributed by atoms with van der Waals surface area (Å²) < 4.78 is 1.95. The lowest BCUT2D eigenvalue weighted by Crippen LogP contribution is -2.27. The average molecular weight is 345 g/mol. The summed E-state index contributed by atoms with van der Waals surface area (Å²) in [5.74, 6) is -0.381. The van der Waals surface area contributed by atoms with E-state index in [1.54, 1.807) is 18.2 Å². The first-order chi connectivity index (χ1) is 12.1. The Hall–Kier alpha value is -3.30. The Morgan fingerprint density at radius 3 is 2.44 bits per heavy atom. The molecule has 0 radical (unpaired) electrons. The van der Waals surface area contributed by atoms with Gasteiger partial charge in [-0.05, 0) is 54.2 Å². The normalized spacial score (nSPS) is 14.4. The molecule has 1 saturated heterocycles. The van der Waals surface area contributed by atoms with Crippen LogP contribution in [0.4, 0.5) is 10.5 Å². The van der Waals surface area contributed by atoms with E-state index < -0.39 is 0 Å². The molecule has 2 heterocycles. The summed E-state index contributed by atoms with van der Waals surface area (Å²) in [5, 5.41) is 9.38. The van der Waals surface area contributed by atoms with Crippen LogP contribution in [0.15, 0.2) is 66.2 Å². The molecule has 0 atom stereocenters. The van der Waals surface area contributed by atoms with Crippen LogP contribution >= 0.6 is 11.8 Å². The van der Waals surface area contributed by atoms with Crippen LogP contribution in [-0.4, -0.2) is 15.7 Å². The summed E-state index contributed by atoms with van der Waals surface area (Å²) in [6, 6.07) is 16.7. The number of aromatic nitrogens is 1. The Bertz CT molecular complexity index is 1090. The van der Waals surface area contributed by atoms with E-state index in [0.29, 0.717) is 11.3 Å². The third-order valence-corrected chi connectivity index (χ3v) is 4.84. The highest BCUT2D eigenvalue weighted by Crippen LogP contribution is 2.37. The van der Waals surface area contributed by atoms with E-state index >= 15 is 0 Å². The predicted molar refractivity (Wildman–Crippen MR) is 97.6 cm³/mol. The lowest BCUT2D eigenvalue weighted by atomic mass is 10.2. The van der Waals surface area contributed by atoms with Gasteiger partial charge in [0.1, 0.15) is 0 Å². The van der Waals surface area contributed by atoms with Crippen LogP contribution in [0.25, 0.3) is 16.6 Å².